The van der Waals surface area contributed by atoms with Crippen LogP contribution in [0.5, 0.6) is 0 Å². The van der Waals surface area contributed by atoms with Crippen LogP contribution in [-0.2, 0) is 10.0 Å². The van der Waals surface area contributed by atoms with Gasteiger partial charge in [-0.05, 0) is 32.0 Å². The highest BCUT2D eigenvalue weighted by molar-refractivity contribution is 9.10. The normalized spacial score (nSPS) is 24.2. The Morgan fingerprint density at radius 2 is 2.05 bits per heavy atom. The van der Waals surface area contributed by atoms with Crippen LogP contribution in [0.1, 0.15) is 13.8 Å². The van der Waals surface area contributed by atoms with Crippen molar-refractivity contribution in [2.45, 2.75) is 30.8 Å². The van der Waals surface area contributed by atoms with Gasteiger partial charge in [-0.1, -0.05) is 15.9 Å². The SMILES string of the molecule is CC1CN(S(=O)(=O)c2ccc(Br)cc2F)C(C)CN1.Cl. The van der Waals surface area contributed by atoms with Gasteiger partial charge in [-0.15, -0.1) is 12.4 Å². The second kappa shape index (κ2) is 6.70. The van der Waals surface area contributed by atoms with Crippen molar-refractivity contribution in [1.82, 2.24) is 9.62 Å². The molecule has 0 aromatic heterocycles. The molecular weight excluding hydrogens is 371 g/mol. The summed E-state index contributed by atoms with van der Waals surface area (Å²) in [6.07, 6.45) is 0. The van der Waals surface area contributed by atoms with Crippen LogP contribution in [0.4, 0.5) is 4.39 Å². The van der Waals surface area contributed by atoms with Crippen LogP contribution in [0.2, 0.25) is 0 Å². The van der Waals surface area contributed by atoms with Gasteiger partial charge in [0.05, 0.1) is 0 Å². The summed E-state index contributed by atoms with van der Waals surface area (Å²) in [5.41, 5.74) is 0. The number of halogens is 3. The first-order chi connectivity index (χ1) is 8.82. The van der Waals surface area contributed by atoms with Crippen LogP contribution in [0.15, 0.2) is 27.6 Å². The molecule has 20 heavy (non-hydrogen) atoms. The maximum Gasteiger partial charge on any atom is 0.246 e. The highest BCUT2D eigenvalue weighted by atomic mass is 79.9. The molecule has 1 aromatic carbocycles. The number of hydrogen-bond donors (Lipinski definition) is 1. The first-order valence-corrected chi connectivity index (χ1v) is 8.26. The molecule has 2 atom stereocenters. The summed E-state index contributed by atoms with van der Waals surface area (Å²) in [4.78, 5) is -0.267. The molecule has 1 heterocycles. The summed E-state index contributed by atoms with van der Waals surface area (Å²) in [5, 5.41) is 3.20. The van der Waals surface area contributed by atoms with Crippen LogP contribution >= 0.6 is 28.3 Å². The molecule has 1 aromatic rings. The van der Waals surface area contributed by atoms with Gasteiger partial charge in [0.25, 0.3) is 0 Å². The van der Waals surface area contributed by atoms with Gasteiger partial charge in [-0.2, -0.15) is 4.31 Å². The summed E-state index contributed by atoms with van der Waals surface area (Å²) in [6, 6.07) is 3.87. The lowest BCUT2D eigenvalue weighted by molar-refractivity contribution is 0.244. The number of benzene rings is 1. The summed E-state index contributed by atoms with van der Waals surface area (Å²) >= 11 is 3.12. The molecule has 1 aliphatic heterocycles. The van der Waals surface area contributed by atoms with Gasteiger partial charge in [0.2, 0.25) is 10.0 Å². The fraction of sp³-hybridized carbons (Fsp3) is 0.500. The first-order valence-electron chi connectivity index (χ1n) is 6.02. The number of sulfonamides is 1. The maximum absolute atomic E-state index is 13.9. The number of nitrogens with zero attached hydrogens (tertiary/aromatic N) is 1. The molecule has 0 saturated carbocycles. The average Bonchev–Trinajstić information content (AvgIpc) is 2.31. The van der Waals surface area contributed by atoms with Crippen molar-refractivity contribution in [3.05, 3.63) is 28.5 Å². The van der Waals surface area contributed by atoms with Gasteiger partial charge in [-0.3, -0.25) is 0 Å². The van der Waals surface area contributed by atoms with Crippen molar-refractivity contribution in [1.29, 1.82) is 0 Å². The largest absolute Gasteiger partial charge is 0.311 e. The van der Waals surface area contributed by atoms with Crippen molar-refractivity contribution >= 4 is 38.4 Å². The zero-order chi connectivity index (χ0) is 14.2. The number of hydrogen-bond acceptors (Lipinski definition) is 3. The molecule has 0 radical (unpaired) electrons. The van der Waals surface area contributed by atoms with E-state index in [-0.39, 0.29) is 29.4 Å². The third-order valence-electron chi connectivity index (χ3n) is 3.19. The number of piperazine rings is 1. The number of nitrogens with one attached hydrogen (secondary N) is 1. The minimum atomic E-state index is -3.79. The minimum Gasteiger partial charge on any atom is -0.311 e. The first kappa shape index (κ1) is 17.8. The third kappa shape index (κ3) is 3.51. The third-order valence-corrected chi connectivity index (χ3v) is 5.69. The van der Waals surface area contributed by atoms with Crippen molar-refractivity contribution in [3.8, 4) is 0 Å². The van der Waals surface area contributed by atoms with Crippen LogP contribution in [-0.4, -0.2) is 37.9 Å². The second-order valence-corrected chi connectivity index (χ2v) is 7.58. The molecule has 0 bridgehead atoms. The molecule has 114 valence electrons. The Hall–Kier alpha value is -0.210. The Bertz CT molecular complexity index is 585. The predicted molar refractivity (Wildman–Crippen MR) is 82.2 cm³/mol. The van der Waals surface area contributed by atoms with Crippen molar-refractivity contribution in [3.63, 3.8) is 0 Å². The van der Waals surface area contributed by atoms with Gasteiger partial charge >= 0.3 is 0 Å². The fourth-order valence-corrected chi connectivity index (χ4v) is 4.23. The van der Waals surface area contributed by atoms with Gasteiger partial charge in [0.15, 0.2) is 0 Å². The van der Waals surface area contributed by atoms with E-state index < -0.39 is 15.8 Å². The molecule has 8 heteroatoms. The highest BCUT2D eigenvalue weighted by Crippen LogP contribution is 2.25. The molecule has 4 nitrogen and oxygen atoms in total. The van der Waals surface area contributed by atoms with Crippen LogP contribution in [0.25, 0.3) is 0 Å². The highest BCUT2D eigenvalue weighted by Gasteiger charge is 2.34. The maximum atomic E-state index is 13.9. The molecule has 1 aliphatic rings. The summed E-state index contributed by atoms with van der Waals surface area (Å²) in [7, 11) is -3.79. The van der Waals surface area contributed by atoms with Gasteiger partial charge < -0.3 is 5.32 Å². The van der Waals surface area contributed by atoms with E-state index in [0.717, 1.165) is 0 Å². The average molecular weight is 388 g/mol. The molecule has 2 unspecified atom stereocenters. The molecule has 0 aliphatic carbocycles. The lowest BCUT2D eigenvalue weighted by Crippen LogP contribution is -2.56. The lowest BCUT2D eigenvalue weighted by Gasteiger charge is -2.36. The lowest BCUT2D eigenvalue weighted by atomic mass is 10.2. The quantitative estimate of drug-likeness (QED) is 0.847. The molecule has 2 rings (SSSR count). The van der Waals surface area contributed by atoms with Gasteiger partial charge in [-0.25, -0.2) is 12.8 Å². The van der Waals surface area contributed by atoms with Crippen LogP contribution in [0, 0.1) is 5.82 Å². The van der Waals surface area contributed by atoms with E-state index in [1.807, 2.05) is 13.8 Å². The van der Waals surface area contributed by atoms with Crippen LogP contribution < -0.4 is 5.32 Å². The van der Waals surface area contributed by atoms with E-state index in [1.54, 1.807) is 0 Å². The minimum absolute atomic E-state index is 0. The molecule has 1 saturated heterocycles. The number of rotatable bonds is 2. The van der Waals surface area contributed by atoms with E-state index >= 15 is 0 Å². The smallest absolute Gasteiger partial charge is 0.246 e. The van der Waals surface area contributed by atoms with E-state index in [9.17, 15) is 12.8 Å². The monoisotopic (exact) mass is 386 g/mol. The van der Waals surface area contributed by atoms with Gasteiger partial charge in [0.1, 0.15) is 10.7 Å². The summed E-state index contributed by atoms with van der Waals surface area (Å²) in [6.45, 7) is 4.64. The molecule has 1 N–H and O–H groups in total. The molecule has 0 amide bonds. The zero-order valence-electron chi connectivity index (χ0n) is 11.1. The molecular formula is C12H17BrClFN2O2S. The second-order valence-electron chi connectivity index (χ2n) is 4.81. The van der Waals surface area contributed by atoms with E-state index in [0.29, 0.717) is 17.6 Å². The van der Waals surface area contributed by atoms with E-state index in [1.165, 1.54) is 22.5 Å². The van der Waals surface area contributed by atoms with E-state index in [2.05, 4.69) is 21.2 Å². The van der Waals surface area contributed by atoms with Crippen molar-refractivity contribution < 1.29 is 12.8 Å². The Morgan fingerprint density at radius 3 is 2.65 bits per heavy atom. The Labute approximate surface area is 133 Å². The summed E-state index contributed by atoms with van der Waals surface area (Å²) < 4.78 is 40.8. The molecule has 1 fully saturated rings. The Morgan fingerprint density at radius 1 is 1.40 bits per heavy atom. The summed E-state index contributed by atoms with van der Waals surface area (Å²) in [5.74, 6) is -0.729. The topological polar surface area (TPSA) is 49.4 Å². The Kier molecular flexibility index (Phi) is 5.98. The Balaban J connectivity index is 0.00000200. The van der Waals surface area contributed by atoms with Crippen molar-refractivity contribution in [2.24, 2.45) is 0 Å². The zero-order valence-corrected chi connectivity index (χ0v) is 14.4. The standard InChI is InChI=1S/C12H16BrFN2O2S.ClH/c1-8-7-16(9(2)6-15-8)19(17,18)12-4-3-10(13)5-11(12)14;/h3-5,8-9,15H,6-7H2,1-2H3;1H. The fourth-order valence-electron chi connectivity index (χ4n) is 2.13. The van der Waals surface area contributed by atoms with Gasteiger partial charge in [0, 0.05) is 29.6 Å². The van der Waals surface area contributed by atoms with E-state index in [4.69, 9.17) is 0 Å². The predicted octanol–water partition coefficient (Wildman–Crippen LogP) is 2.38. The van der Waals surface area contributed by atoms with Crippen molar-refractivity contribution in [2.75, 3.05) is 13.1 Å². The van der Waals surface area contributed by atoms with Crippen LogP contribution in [0.3, 0.4) is 0 Å². The molecule has 0 spiro atoms.